The van der Waals surface area contributed by atoms with Gasteiger partial charge in [-0.05, 0) is 29.4 Å². The van der Waals surface area contributed by atoms with Crippen molar-refractivity contribution in [3.05, 3.63) is 83.9 Å². The van der Waals surface area contributed by atoms with E-state index in [0.717, 1.165) is 0 Å². The van der Waals surface area contributed by atoms with Gasteiger partial charge in [-0.3, -0.25) is 0 Å². The first-order chi connectivity index (χ1) is 12.6. The van der Waals surface area contributed by atoms with Crippen LogP contribution in [-0.2, 0) is 11.1 Å². The summed E-state index contributed by atoms with van der Waals surface area (Å²) in [4.78, 5) is 0. The third-order valence-electron chi connectivity index (χ3n) is 8.12. The lowest BCUT2D eigenvalue weighted by molar-refractivity contribution is 0.131. The van der Waals surface area contributed by atoms with Gasteiger partial charge in [0.2, 0.25) is 0 Å². The van der Waals surface area contributed by atoms with Gasteiger partial charge in [-0.2, -0.15) is 10.2 Å². The maximum atomic E-state index is 5.16. The summed E-state index contributed by atoms with van der Waals surface area (Å²) in [7, 11) is 0. The lowest BCUT2D eigenvalue weighted by Crippen LogP contribution is -2.45. The average Bonchev–Trinajstić information content (AvgIpc) is 3.39. The van der Waals surface area contributed by atoms with E-state index in [-0.39, 0.29) is 16.5 Å². The minimum absolute atomic E-state index is 0.0546. The molecule has 2 aromatic rings. The van der Waals surface area contributed by atoms with Gasteiger partial charge in [-0.15, -0.1) is 0 Å². The van der Waals surface area contributed by atoms with E-state index in [1.54, 1.807) is 0 Å². The quantitative estimate of drug-likeness (QED) is 0.493. The van der Waals surface area contributed by atoms with Crippen LogP contribution >= 0.6 is 0 Å². The smallest absolute Gasteiger partial charge is 0.118 e. The predicted octanol–water partition coefficient (Wildman–Crippen LogP) is 5.72. The molecule has 2 nitrogen and oxygen atoms in total. The van der Waals surface area contributed by atoms with Crippen molar-refractivity contribution in [2.45, 2.75) is 31.3 Å². The van der Waals surface area contributed by atoms with Crippen molar-refractivity contribution >= 4 is 0 Å². The third kappa shape index (κ3) is 1.34. The SMILES string of the molecule is CC1(C)[C@]2(c3ccccc3)N=N[C@@]1(c1ccccc1)[C@@H]1[C@H]2[C@H]2C=C[C@@H]1C2. The van der Waals surface area contributed by atoms with Crippen molar-refractivity contribution in [1.82, 2.24) is 0 Å². The van der Waals surface area contributed by atoms with Gasteiger partial charge in [0.25, 0.3) is 0 Å². The zero-order valence-corrected chi connectivity index (χ0v) is 15.3. The molecule has 0 radical (unpaired) electrons. The molecule has 0 spiro atoms. The van der Waals surface area contributed by atoms with Crippen molar-refractivity contribution < 1.29 is 0 Å². The Bertz CT molecular complexity index is 856. The van der Waals surface area contributed by atoms with Gasteiger partial charge < -0.3 is 0 Å². The first kappa shape index (κ1) is 14.9. The van der Waals surface area contributed by atoms with E-state index in [1.807, 2.05) is 0 Å². The standard InChI is InChI=1S/C24H24N2/c1-22(2)23(18-9-5-3-6-10-18)20-16-13-14-17(15-16)21(20)24(22,26-25-23)19-11-7-4-8-12-19/h3-14,16-17,20-21H,15H2,1-2H3/t16-,17+,20+,21-,23+,24-. The number of nitrogens with zero attached hydrogens (tertiary/aromatic N) is 2. The highest BCUT2D eigenvalue weighted by Crippen LogP contribution is 2.80. The van der Waals surface area contributed by atoms with Crippen LogP contribution in [0.25, 0.3) is 0 Å². The Morgan fingerprint density at radius 2 is 1.12 bits per heavy atom. The first-order valence-electron chi connectivity index (χ1n) is 9.86. The van der Waals surface area contributed by atoms with E-state index < -0.39 is 0 Å². The van der Waals surface area contributed by atoms with Crippen LogP contribution in [0, 0.1) is 29.1 Å². The van der Waals surface area contributed by atoms with Gasteiger partial charge in [-0.25, -0.2) is 0 Å². The maximum Gasteiger partial charge on any atom is 0.118 e. The number of allylic oxidation sites excluding steroid dienone is 2. The van der Waals surface area contributed by atoms with Gasteiger partial charge in [0, 0.05) is 17.3 Å². The second-order valence-electron chi connectivity index (χ2n) is 9.09. The summed E-state index contributed by atoms with van der Waals surface area (Å²) >= 11 is 0. The fourth-order valence-corrected chi connectivity index (χ4v) is 7.23. The zero-order chi connectivity index (χ0) is 17.6. The molecule has 2 aromatic carbocycles. The van der Waals surface area contributed by atoms with Gasteiger partial charge in [-0.1, -0.05) is 86.7 Å². The summed E-state index contributed by atoms with van der Waals surface area (Å²) in [5.74, 6) is 2.36. The number of rotatable bonds is 2. The van der Waals surface area contributed by atoms with E-state index in [1.165, 1.54) is 17.5 Å². The van der Waals surface area contributed by atoms with E-state index in [9.17, 15) is 0 Å². The van der Waals surface area contributed by atoms with Crippen LogP contribution in [0.5, 0.6) is 0 Å². The van der Waals surface area contributed by atoms with E-state index in [4.69, 9.17) is 10.2 Å². The summed E-state index contributed by atoms with van der Waals surface area (Å²) in [6.07, 6.45) is 6.22. The topological polar surface area (TPSA) is 24.7 Å². The molecule has 0 saturated heterocycles. The third-order valence-corrected chi connectivity index (χ3v) is 8.12. The lowest BCUT2D eigenvalue weighted by Gasteiger charge is -2.42. The molecule has 6 atom stereocenters. The molecule has 130 valence electrons. The minimum atomic E-state index is -0.223. The van der Waals surface area contributed by atoms with Gasteiger partial charge in [0.1, 0.15) is 11.1 Å². The number of benzene rings is 2. The van der Waals surface area contributed by atoms with Crippen LogP contribution in [0.2, 0.25) is 0 Å². The maximum absolute atomic E-state index is 5.16. The highest BCUT2D eigenvalue weighted by Gasteiger charge is 2.81. The largest absolute Gasteiger partial charge is 0.181 e. The highest BCUT2D eigenvalue weighted by atomic mass is 15.3. The molecular weight excluding hydrogens is 316 g/mol. The second-order valence-corrected chi connectivity index (χ2v) is 9.09. The Kier molecular flexibility index (Phi) is 2.60. The monoisotopic (exact) mass is 340 g/mol. The molecule has 4 bridgehead atoms. The molecule has 0 N–H and O–H groups in total. The molecule has 2 fully saturated rings. The van der Waals surface area contributed by atoms with Crippen molar-refractivity contribution in [2.75, 3.05) is 0 Å². The number of hydrogen-bond donors (Lipinski definition) is 0. The van der Waals surface area contributed by atoms with Crippen molar-refractivity contribution in [3.8, 4) is 0 Å². The molecule has 6 rings (SSSR count). The number of hydrogen-bond acceptors (Lipinski definition) is 2. The molecule has 2 saturated carbocycles. The summed E-state index contributed by atoms with van der Waals surface area (Å²) < 4.78 is 0. The Morgan fingerprint density at radius 3 is 1.54 bits per heavy atom. The van der Waals surface area contributed by atoms with Crippen molar-refractivity contribution in [2.24, 2.45) is 39.3 Å². The average molecular weight is 340 g/mol. The molecule has 0 unspecified atom stereocenters. The van der Waals surface area contributed by atoms with Crippen LogP contribution in [-0.4, -0.2) is 0 Å². The fourth-order valence-electron chi connectivity index (χ4n) is 7.23. The lowest BCUT2D eigenvalue weighted by atomic mass is 9.60. The fraction of sp³-hybridized carbons (Fsp3) is 0.417. The first-order valence-corrected chi connectivity index (χ1v) is 9.86. The number of fused-ring (bicyclic) bond motifs is 9. The molecular formula is C24H24N2. The molecule has 2 heteroatoms. The Labute approximate surface area is 155 Å². The second kappa shape index (κ2) is 4.54. The molecule has 0 aromatic heterocycles. The summed E-state index contributed by atoms with van der Waals surface area (Å²) in [5.41, 5.74) is 2.19. The molecule has 3 aliphatic carbocycles. The van der Waals surface area contributed by atoms with Crippen LogP contribution in [0.15, 0.2) is 83.0 Å². The Morgan fingerprint density at radius 1 is 0.692 bits per heavy atom. The van der Waals surface area contributed by atoms with E-state index >= 15 is 0 Å². The summed E-state index contributed by atoms with van der Waals surface area (Å²) in [5, 5.41) is 10.3. The minimum Gasteiger partial charge on any atom is -0.181 e. The zero-order valence-electron chi connectivity index (χ0n) is 15.3. The predicted molar refractivity (Wildman–Crippen MR) is 103 cm³/mol. The molecule has 4 aliphatic rings. The van der Waals surface area contributed by atoms with Crippen LogP contribution in [0.3, 0.4) is 0 Å². The Hall–Kier alpha value is -2.22. The molecule has 26 heavy (non-hydrogen) atoms. The van der Waals surface area contributed by atoms with Gasteiger partial charge in [0.05, 0.1) is 0 Å². The summed E-state index contributed by atoms with van der Waals surface area (Å²) in [6, 6.07) is 22.0. The van der Waals surface area contributed by atoms with Crippen molar-refractivity contribution in [1.29, 1.82) is 0 Å². The Balaban J connectivity index is 1.68. The summed E-state index contributed by atoms with van der Waals surface area (Å²) in [6.45, 7) is 4.84. The molecule has 0 amide bonds. The molecule has 1 aliphatic heterocycles. The van der Waals surface area contributed by atoms with E-state index in [0.29, 0.717) is 23.7 Å². The van der Waals surface area contributed by atoms with Crippen LogP contribution in [0.4, 0.5) is 0 Å². The van der Waals surface area contributed by atoms with Gasteiger partial charge >= 0.3 is 0 Å². The highest BCUT2D eigenvalue weighted by molar-refractivity contribution is 5.48. The van der Waals surface area contributed by atoms with Crippen molar-refractivity contribution in [3.63, 3.8) is 0 Å². The normalized spacial score (nSPS) is 43.2. The van der Waals surface area contributed by atoms with Gasteiger partial charge in [0.15, 0.2) is 0 Å². The van der Waals surface area contributed by atoms with E-state index in [2.05, 4.69) is 86.7 Å². The van der Waals surface area contributed by atoms with Crippen LogP contribution in [0.1, 0.15) is 31.4 Å². The van der Waals surface area contributed by atoms with Crippen LogP contribution < -0.4 is 0 Å². The number of azo groups is 1. The molecule has 1 heterocycles.